The van der Waals surface area contributed by atoms with Crippen molar-refractivity contribution in [2.45, 2.75) is 59.8 Å². The summed E-state index contributed by atoms with van der Waals surface area (Å²) in [5, 5.41) is 3.36. The minimum absolute atomic E-state index is 0.740. The highest BCUT2D eigenvalue weighted by Crippen LogP contribution is 2.11. The first-order valence-corrected chi connectivity index (χ1v) is 6.92. The Kier molecular flexibility index (Phi) is 9.78. The SMILES string of the molecule is CCCCC(CC)CNC(/N=C(/C)CC)=N/C. The second-order valence-electron chi connectivity index (χ2n) is 4.55. The molecule has 0 saturated heterocycles. The Bertz CT molecular complexity index is 244. The molecule has 100 valence electrons. The van der Waals surface area contributed by atoms with Crippen LogP contribution in [0.2, 0.25) is 0 Å². The van der Waals surface area contributed by atoms with Crippen molar-refractivity contribution in [2.24, 2.45) is 15.9 Å². The van der Waals surface area contributed by atoms with E-state index in [1.54, 1.807) is 7.05 Å². The van der Waals surface area contributed by atoms with E-state index in [0.29, 0.717) is 0 Å². The third-order valence-corrected chi connectivity index (χ3v) is 3.11. The molecule has 0 aromatic heterocycles. The Morgan fingerprint density at radius 2 is 1.94 bits per heavy atom. The molecule has 0 aliphatic carbocycles. The van der Waals surface area contributed by atoms with Gasteiger partial charge < -0.3 is 5.32 Å². The summed E-state index contributed by atoms with van der Waals surface area (Å²) in [7, 11) is 1.79. The summed E-state index contributed by atoms with van der Waals surface area (Å²) >= 11 is 0. The molecule has 0 aliphatic heterocycles. The van der Waals surface area contributed by atoms with Gasteiger partial charge in [0.25, 0.3) is 0 Å². The van der Waals surface area contributed by atoms with Crippen molar-refractivity contribution in [2.75, 3.05) is 13.6 Å². The molecular formula is C14H29N3. The molecule has 0 spiro atoms. The number of unbranched alkanes of at least 4 members (excludes halogenated alkanes) is 1. The minimum atomic E-state index is 0.740. The summed E-state index contributed by atoms with van der Waals surface area (Å²) in [5.74, 6) is 1.52. The topological polar surface area (TPSA) is 36.8 Å². The lowest BCUT2D eigenvalue weighted by molar-refractivity contribution is 0.445. The van der Waals surface area contributed by atoms with Gasteiger partial charge in [-0.2, -0.15) is 0 Å². The van der Waals surface area contributed by atoms with E-state index in [1.807, 2.05) is 6.92 Å². The summed E-state index contributed by atoms with van der Waals surface area (Å²) in [6, 6.07) is 0. The molecule has 1 atom stereocenters. The third kappa shape index (κ3) is 7.94. The van der Waals surface area contributed by atoms with E-state index < -0.39 is 0 Å². The molecule has 0 aromatic carbocycles. The number of hydrogen-bond donors (Lipinski definition) is 1. The molecule has 1 N–H and O–H groups in total. The van der Waals surface area contributed by atoms with Crippen LogP contribution in [0.25, 0.3) is 0 Å². The second kappa shape index (κ2) is 10.3. The quantitative estimate of drug-likeness (QED) is 0.534. The molecule has 1 unspecified atom stereocenters. The van der Waals surface area contributed by atoms with E-state index in [2.05, 4.69) is 36.1 Å². The maximum atomic E-state index is 4.46. The Labute approximate surface area is 107 Å². The summed E-state index contributed by atoms with van der Waals surface area (Å²) in [5.41, 5.74) is 1.12. The molecule has 17 heavy (non-hydrogen) atoms. The van der Waals surface area contributed by atoms with Gasteiger partial charge >= 0.3 is 0 Å². The third-order valence-electron chi connectivity index (χ3n) is 3.11. The van der Waals surface area contributed by atoms with E-state index in [-0.39, 0.29) is 0 Å². The average molecular weight is 239 g/mol. The van der Waals surface area contributed by atoms with Crippen LogP contribution in [-0.4, -0.2) is 25.3 Å². The maximum Gasteiger partial charge on any atom is 0.217 e. The summed E-state index contributed by atoms with van der Waals surface area (Å²) in [6.07, 6.45) is 6.09. The predicted octanol–water partition coefficient (Wildman–Crippen LogP) is 3.65. The number of hydrogen-bond acceptors (Lipinski definition) is 1. The number of rotatable bonds is 7. The molecule has 0 amide bonds. The maximum absolute atomic E-state index is 4.46. The molecular weight excluding hydrogens is 210 g/mol. The average Bonchev–Trinajstić information content (AvgIpc) is 2.37. The zero-order chi connectivity index (χ0) is 13.1. The highest BCUT2D eigenvalue weighted by Gasteiger charge is 2.06. The Morgan fingerprint density at radius 3 is 2.41 bits per heavy atom. The molecule has 0 rings (SSSR count). The van der Waals surface area contributed by atoms with Gasteiger partial charge in [0.1, 0.15) is 0 Å². The van der Waals surface area contributed by atoms with Crippen LogP contribution in [0.15, 0.2) is 9.98 Å². The fraction of sp³-hybridized carbons (Fsp3) is 0.857. The Hall–Kier alpha value is -0.860. The van der Waals surface area contributed by atoms with E-state index >= 15 is 0 Å². The van der Waals surface area contributed by atoms with Crippen LogP contribution in [0.4, 0.5) is 0 Å². The van der Waals surface area contributed by atoms with Crippen molar-refractivity contribution < 1.29 is 0 Å². The zero-order valence-electron chi connectivity index (χ0n) is 12.2. The van der Waals surface area contributed by atoms with Gasteiger partial charge in [-0.05, 0) is 25.7 Å². The molecule has 0 aromatic rings. The first kappa shape index (κ1) is 16.1. The highest BCUT2D eigenvalue weighted by atomic mass is 15.1. The zero-order valence-corrected chi connectivity index (χ0v) is 12.2. The van der Waals surface area contributed by atoms with Gasteiger partial charge in [0.2, 0.25) is 5.96 Å². The van der Waals surface area contributed by atoms with Crippen molar-refractivity contribution in [3.05, 3.63) is 0 Å². The lowest BCUT2D eigenvalue weighted by atomic mass is 9.99. The van der Waals surface area contributed by atoms with Gasteiger partial charge in [-0.1, -0.05) is 40.0 Å². The van der Waals surface area contributed by atoms with E-state index in [1.165, 1.54) is 25.7 Å². The van der Waals surface area contributed by atoms with Crippen LogP contribution in [0.1, 0.15) is 59.8 Å². The van der Waals surface area contributed by atoms with Gasteiger partial charge in [-0.3, -0.25) is 4.99 Å². The highest BCUT2D eigenvalue weighted by molar-refractivity contribution is 5.95. The molecule has 0 heterocycles. The van der Waals surface area contributed by atoms with E-state index in [4.69, 9.17) is 0 Å². The molecule has 0 bridgehead atoms. The number of guanidine groups is 1. The smallest absolute Gasteiger partial charge is 0.217 e. The monoisotopic (exact) mass is 239 g/mol. The molecule has 3 nitrogen and oxygen atoms in total. The van der Waals surface area contributed by atoms with E-state index in [9.17, 15) is 0 Å². The van der Waals surface area contributed by atoms with E-state index in [0.717, 1.165) is 30.6 Å². The van der Waals surface area contributed by atoms with Crippen LogP contribution in [0, 0.1) is 5.92 Å². The van der Waals surface area contributed by atoms with Crippen molar-refractivity contribution in [1.29, 1.82) is 0 Å². The first-order valence-electron chi connectivity index (χ1n) is 6.92. The van der Waals surface area contributed by atoms with Crippen molar-refractivity contribution in [3.8, 4) is 0 Å². The van der Waals surface area contributed by atoms with Crippen LogP contribution in [0.5, 0.6) is 0 Å². The van der Waals surface area contributed by atoms with Gasteiger partial charge in [0.05, 0.1) is 0 Å². The molecule has 3 heteroatoms. The lowest BCUT2D eigenvalue weighted by Crippen LogP contribution is -2.28. The minimum Gasteiger partial charge on any atom is -0.354 e. The fourth-order valence-corrected chi connectivity index (χ4v) is 1.61. The van der Waals surface area contributed by atoms with Crippen LogP contribution < -0.4 is 5.32 Å². The van der Waals surface area contributed by atoms with Crippen LogP contribution in [-0.2, 0) is 0 Å². The number of nitrogens with zero attached hydrogens (tertiary/aromatic N) is 2. The lowest BCUT2D eigenvalue weighted by Gasteiger charge is -2.15. The fourth-order valence-electron chi connectivity index (χ4n) is 1.61. The van der Waals surface area contributed by atoms with Crippen molar-refractivity contribution in [3.63, 3.8) is 0 Å². The standard InChI is InChI=1S/C14H29N3/c1-6-9-10-13(8-3)11-16-14(15-5)17-12(4)7-2/h13H,6-11H2,1-5H3,(H,15,16)/b17-12-. The van der Waals surface area contributed by atoms with Gasteiger partial charge in [-0.15, -0.1) is 0 Å². The normalized spacial score (nSPS) is 14.9. The largest absolute Gasteiger partial charge is 0.354 e. The van der Waals surface area contributed by atoms with Crippen LogP contribution in [0.3, 0.4) is 0 Å². The van der Waals surface area contributed by atoms with Crippen molar-refractivity contribution in [1.82, 2.24) is 5.32 Å². The van der Waals surface area contributed by atoms with Gasteiger partial charge in [0.15, 0.2) is 0 Å². The molecule has 0 radical (unpaired) electrons. The summed E-state index contributed by atoms with van der Waals surface area (Å²) in [6.45, 7) is 9.65. The molecule has 0 saturated carbocycles. The number of nitrogens with one attached hydrogen (secondary N) is 1. The van der Waals surface area contributed by atoms with Gasteiger partial charge in [0, 0.05) is 19.3 Å². The molecule has 0 fully saturated rings. The first-order chi connectivity index (χ1) is 8.17. The summed E-state index contributed by atoms with van der Waals surface area (Å²) in [4.78, 5) is 8.64. The summed E-state index contributed by atoms with van der Waals surface area (Å²) < 4.78 is 0. The Balaban J connectivity index is 4.13. The second-order valence-corrected chi connectivity index (χ2v) is 4.55. The molecule has 0 aliphatic rings. The van der Waals surface area contributed by atoms with Gasteiger partial charge in [-0.25, -0.2) is 4.99 Å². The Morgan fingerprint density at radius 1 is 1.24 bits per heavy atom. The van der Waals surface area contributed by atoms with Crippen LogP contribution >= 0.6 is 0 Å². The predicted molar refractivity (Wildman–Crippen MR) is 78.1 cm³/mol. The van der Waals surface area contributed by atoms with Crippen molar-refractivity contribution >= 4 is 11.7 Å². The number of aliphatic imine (C=N–C) groups is 2.